The van der Waals surface area contributed by atoms with Crippen LogP contribution in [0, 0.1) is 11.8 Å². The number of carbonyl (C=O) groups excluding carboxylic acids is 4. The summed E-state index contributed by atoms with van der Waals surface area (Å²) in [7, 11) is -0.879. The molecule has 0 radical (unpaired) electrons. The Bertz CT molecular complexity index is 982. The van der Waals surface area contributed by atoms with Crippen molar-refractivity contribution in [1.82, 2.24) is 9.21 Å². The van der Waals surface area contributed by atoms with E-state index in [-0.39, 0.29) is 34.2 Å². The number of carbonyl (C=O) groups is 4. The average Bonchev–Trinajstić information content (AvgIpc) is 2.97. The molecule has 2 atom stereocenters. The van der Waals surface area contributed by atoms with Crippen molar-refractivity contribution in [2.24, 2.45) is 11.8 Å². The number of hydrogen-bond donors (Lipinski definition) is 1. The number of imide groups is 1. The van der Waals surface area contributed by atoms with Crippen molar-refractivity contribution in [2.75, 3.05) is 32.6 Å². The van der Waals surface area contributed by atoms with Gasteiger partial charge in [-0.1, -0.05) is 18.9 Å². The molecule has 1 N–H and O–H groups in total. The number of likely N-dealkylation sites (tertiary alicyclic amines) is 1. The minimum atomic E-state index is -3.67. The number of esters is 1. The maximum atomic E-state index is 12.4. The lowest BCUT2D eigenvalue weighted by Crippen LogP contribution is -2.37. The van der Waals surface area contributed by atoms with E-state index in [4.69, 9.17) is 4.74 Å². The highest BCUT2D eigenvalue weighted by atomic mass is 32.2. The molecule has 0 aromatic heterocycles. The monoisotopic (exact) mass is 451 g/mol. The molecule has 31 heavy (non-hydrogen) atoms. The van der Waals surface area contributed by atoms with Gasteiger partial charge in [0.25, 0.3) is 5.91 Å². The van der Waals surface area contributed by atoms with E-state index >= 15 is 0 Å². The molecule has 1 aliphatic heterocycles. The van der Waals surface area contributed by atoms with E-state index in [0.29, 0.717) is 12.8 Å². The second-order valence-corrected chi connectivity index (χ2v) is 9.94. The Morgan fingerprint density at radius 2 is 1.74 bits per heavy atom. The summed E-state index contributed by atoms with van der Waals surface area (Å²) in [5, 5.41) is 2.45. The molecule has 2 aliphatic rings. The van der Waals surface area contributed by atoms with Crippen LogP contribution in [0.2, 0.25) is 0 Å². The lowest BCUT2D eigenvalue weighted by molar-refractivity contribution is -0.154. The molecule has 1 aromatic carbocycles. The summed E-state index contributed by atoms with van der Waals surface area (Å²) >= 11 is 0. The second-order valence-electron chi connectivity index (χ2n) is 7.78. The molecule has 1 saturated heterocycles. The Kier molecular flexibility index (Phi) is 6.75. The molecule has 1 aromatic rings. The Hall–Kier alpha value is -2.79. The first-order valence-electron chi connectivity index (χ1n) is 9.94. The fraction of sp³-hybridized carbons (Fsp3) is 0.500. The minimum absolute atomic E-state index is 0.000167. The number of fused-ring (bicyclic) bond motifs is 1. The van der Waals surface area contributed by atoms with Gasteiger partial charge in [-0.25, -0.2) is 12.7 Å². The van der Waals surface area contributed by atoms with Gasteiger partial charge in [-0.2, -0.15) is 0 Å². The molecule has 0 bridgehead atoms. The van der Waals surface area contributed by atoms with Crippen molar-refractivity contribution in [3.05, 3.63) is 24.3 Å². The standard InChI is InChI=1S/C20H25N3O7S/c1-22(2)31(28,29)14-7-5-6-13(10-14)21-17(24)12-30-18(25)11-23-19(26)15-8-3-4-9-16(15)20(23)27/h5-7,10,15-16H,3-4,8-9,11-12H2,1-2H3,(H,21,24)/t15-,16+. The maximum Gasteiger partial charge on any atom is 0.326 e. The van der Waals surface area contributed by atoms with Gasteiger partial charge in [0, 0.05) is 19.8 Å². The van der Waals surface area contributed by atoms with Crippen molar-refractivity contribution < 1.29 is 32.3 Å². The summed E-state index contributed by atoms with van der Waals surface area (Å²) in [5.74, 6) is -2.96. The van der Waals surface area contributed by atoms with E-state index < -0.39 is 35.1 Å². The van der Waals surface area contributed by atoms with Gasteiger partial charge in [0.15, 0.2) is 6.61 Å². The number of nitrogens with one attached hydrogen (secondary N) is 1. The Morgan fingerprint density at radius 3 is 2.32 bits per heavy atom. The fourth-order valence-electron chi connectivity index (χ4n) is 3.85. The largest absolute Gasteiger partial charge is 0.454 e. The lowest BCUT2D eigenvalue weighted by atomic mass is 9.81. The number of hydrogen-bond acceptors (Lipinski definition) is 7. The summed E-state index contributed by atoms with van der Waals surface area (Å²) in [6.45, 7) is -1.15. The van der Waals surface area contributed by atoms with Gasteiger partial charge in [0.2, 0.25) is 21.8 Å². The molecular weight excluding hydrogens is 426 g/mol. The average molecular weight is 452 g/mol. The molecule has 11 heteroatoms. The lowest BCUT2D eigenvalue weighted by Gasteiger charge is -2.19. The van der Waals surface area contributed by atoms with E-state index in [0.717, 1.165) is 22.0 Å². The summed E-state index contributed by atoms with van der Waals surface area (Å²) in [6.07, 6.45) is 3.06. The van der Waals surface area contributed by atoms with Crippen LogP contribution in [0.4, 0.5) is 5.69 Å². The normalized spacial score (nSPS) is 21.2. The van der Waals surface area contributed by atoms with Gasteiger partial charge in [-0.15, -0.1) is 0 Å². The Morgan fingerprint density at radius 1 is 1.13 bits per heavy atom. The zero-order valence-electron chi connectivity index (χ0n) is 17.4. The van der Waals surface area contributed by atoms with Gasteiger partial charge in [-0.05, 0) is 31.0 Å². The van der Waals surface area contributed by atoms with Crippen LogP contribution < -0.4 is 5.32 Å². The molecule has 2 fully saturated rings. The third kappa shape index (κ3) is 4.93. The molecular formula is C20H25N3O7S. The fourth-order valence-corrected chi connectivity index (χ4v) is 4.80. The van der Waals surface area contributed by atoms with Crippen LogP contribution >= 0.6 is 0 Å². The van der Waals surface area contributed by atoms with Crippen molar-refractivity contribution in [2.45, 2.75) is 30.6 Å². The number of rotatable bonds is 7. The number of nitrogens with zero attached hydrogens (tertiary/aromatic N) is 2. The Balaban J connectivity index is 1.53. The number of benzene rings is 1. The molecule has 1 saturated carbocycles. The third-order valence-corrected chi connectivity index (χ3v) is 7.29. The zero-order chi connectivity index (χ0) is 22.8. The molecule has 3 amide bonds. The van der Waals surface area contributed by atoms with Gasteiger partial charge >= 0.3 is 5.97 Å². The molecule has 168 valence electrons. The van der Waals surface area contributed by atoms with E-state index in [2.05, 4.69) is 5.32 Å². The first kappa shape index (κ1) is 22.9. The third-order valence-electron chi connectivity index (χ3n) is 5.48. The number of amides is 3. The van der Waals surface area contributed by atoms with Crippen LogP contribution in [-0.4, -0.2) is 68.6 Å². The topological polar surface area (TPSA) is 130 Å². The minimum Gasteiger partial charge on any atom is -0.454 e. The maximum absolute atomic E-state index is 12.4. The molecule has 0 spiro atoms. The predicted octanol–water partition coefficient (Wildman–Crippen LogP) is 0.594. The molecule has 1 aliphatic carbocycles. The van der Waals surface area contributed by atoms with E-state index in [9.17, 15) is 27.6 Å². The quantitative estimate of drug-likeness (QED) is 0.474. The van der Waals surface area contributed by atoms with Crippen LogP contribution in [0.15, 0.2) is 29.2 Å². The van der Waals surface area contributed by atoms with E-state index in [1.807, 2.05) is 0 Å². The van der Waals surface area contributed by atoms with Crippen LogP contribution in [-0.2, 0) is 33.9 Å². The van der Waals surface area contributed by atoms with Crippen LogP contribution in [0.5, 0.6) is 0 Å². The molecule has 0 unspecified atom stereocenters. The smallest absolute Gasteiger partial charge is 0.326 e. The van der Waals surface area contributed by atoms with Crippen molar-refractivity contribution >= 4 is 39.4 Å². The Labute approximate surface area is 180 Å². The number of ether oxygens (including phenoxy) is 1. The number of sulfonamides is 1. The SMILES string of the molecule is CN(C)S(=O)(=O)c1cccc(NC(=O)COC(=O)CN2C(=O)[C@H]3CCCC[C@H]3C2=O)c1. The van der Waals surface area contributed by atoms with Crippen molar-refractivity contribution in [3.63, 3.8) is 0 Å². The van der Waals surface area contributed by atoms with Crippen LogP contribution in [0.25, 0.3) is 0 Å². The summed E-state index contributed by atoms with van der Waals surface area (Å²) in [6, 6.07) is 5.66. The predicted molar refractivity (Wildman–Crippen MR) is 109 cm³/mol. The highest BCUT2D eigenvalue weighted by molar-refractivity contribution is 7.89. The van der Waals surface area contributed by atoms with Crippen LogP contribution in [0.1, 0.15) is 25.7 Å². The molecule has 1 heterocycles. The van der Waals surface area contributed by atoms with E-state index in [1.165, 1.54) is 38.4 Å². The highest BCUT2D eigenvalue weighted by Crippen LogP contribution is 2.37. The molecule has 10 nitrogen and oxygen atoms in total. The zero-order valence-corrected chi connectivity index (χ0v) is 18.2. The first-order chi connectivity index (χ1) is 14.6. The second kappa shape index (κ2) is 9.15. The van der Waals surface area contributed by atoms with Crippen LogP contribution in [0.3, 0.4) is 0 Å². The van der Waals surface area contributed by atoms with Gasteiger partial charge in [0.1, 0.15) is 6.54 Å². The summed E-state index contributed by atoms with van der Waals surface area (Å²) in [4.78, 5) is 49.9. The summed E-state index contributed by atoms with van der Waals surface area (Å²) < 4.78 is 30.3. The van der Waals surface area contributed by atoms with Gasteiger partial charge in [0.05, 0.1) is 16.7 Å². The first-order valence-corrected chi connectivity index (χ1v) is 11.4. The summed E-state index contributed by atoms with van der Waals surface area (Å²) in [5.41, 5.74) is 0.220. The van der Waals surface area contributed by atoms with Crippen molar-refractivity contribution in [3.8, 4) is 0 Å². The highest BCUT2D eigenvalue weighted by Gasteiger charge is 2.48. The van der Waals surface area contributed by atoms with Gasteiger partial charge < -0.3 is 10.1 Å². The molecule has 3 rings (SSSR count). The van der Waals surface area contributed by atoms with Gasteiger partial charge in [-0.3, -0.25) is 24.1 Å². The number of anilines is 1. The van der Waals surface area contributed by atoms with E-state index in [1.54, 1.807) is 0 Å². The van der Waals surface area contributed by atoms with Crippen molar-refractivity contribution in [1.29, 1.82) is 0 Å².